The second-order valence-corrected chi connectivity index (χ2v) is 18.4. The molecule has 4 heterocycles. The summed E-state index contributed by atoms with van der Waals surface area (Å²) in [5.74, 6) is -2.87. The van der Waals surface area contributed by atoms with Gasteiger partial charge in [0.05, 0.1) is 45.3 Å². The maximum absolute atomic E-state index is 13.0. The Bertz CT molecular complexity index is 2680. The summed E-state index contributed by atoms with van der Waals surface area (Å²) in [5, 5.41) is 2.08. The minimum atomic E-state index is -4.75. The summed E-state index contributed by atoms with van der Waals surface area (Å²) in [6.45, 7) is 0.754. The van der Waals surface area contributed by atoms with Crippen molar-refractivity contribution >= 4 is 31.5 Å². The molecule has 2 aromatic carbocycles. The molecular formula is C38H32F12N4O8S2. The number of ether oxygens (including phenoxy) is 2. The molecule has 26 heteroatoms. The van der Waals surface area contributed by atoms with Crippen LogP contribution >= 0.6 is 0 Å². The van der Waals surface area contributed by atoms with Crippen molar-refractivity contribution in [3.8, 4) is 11.5 Å². The van der Waals surface area contributed by atoms with E-state index in [4.69, 9.17) is 9.47 Å². The van der Waals surface area contributed by atoms with Crippen LogP contribution < -0.4 is 14.8 Å². The highest BCUT2D eigenvalue weighted by Crippen LogP contribution is 2.37. The number of nitrogens with zero attached hydrogens (tertiary/aromatic N) is 3. The molecule has 6 rings (SSSR count). The van der Waals surface area contributed by atoms with Gasteiger partial charge in [-0.3, -0.25) is 14.6 Å². The second-order valence-electron chi connectivity index (χ2n) is 14.3. The zero-order chi connectivity index (χ0) is 48.1. The number of pyridine rings is 1. The number of amides is 2. The molecule has 3 aliphatic rings. The molecule has 348 valence electrons. The topological polar surface area (TPSA) is 152 Å². The van der Waals surface area contributed by atoms with Crippen LogP contribution in [0.2, 0.25) is 0 Å². The molecule has 0 aliphatic carbocycles. The van der Waals surface area contributed by atoms with Crippen LogP contribution in [0.25, 0.3) is 0 Å². The molecule has 3 aliphatic heterocycles. The quantitative estimate of drug-likeness (QED) is 0.223. The molecule has 0 spiro atoms. The number of dihydropyridines is 1. The maximum Gasteiger partial charge on any atom is 0.431 e. The number of carbonyl (C=O) groups is 2. The van der Waals surface area contributed by atoms with Crippen molar-refractivity contribution < 1.29 is 88.6 Å². The lowest BCUT2D eigenvalue weighted by molar-refractivity contribution is -0.189. The number of allylic oxidation sites excluding steroid dienone is 2. The Morgan fingerprint density at radius 2 is 1.20 bits per heavy atom. The first-order valence-electron chi connectivity index (χ1n) is 17.9. The third-order valence-corrected chi connectivity index (χ3v) is 11.6. The minimum Gasteiger partial charge on any atom is -0.480 e. The minimum absolute atomic E-state index is 0.0785. The van der Waals surface area contributed by atoms with Gasteiger partial charge in [0.2, 0.25) is 0 Å². The predicted molar refractivity (Wildman–Crippen MR) is 199 cm³/mol. The molecule has 64 heavy (non-hydrogen) atoms. The van der Waals surface area contributed by atoms with Gasteiger partial charge in [0.25, 0.3) is 11.8 Å². The van der Waals surface area contributed by atoms with Crippen LogP contribution in [0.3, 0.4) is 0 Å². The van der Waals surface area contributed by atoms with Crippen molar-refractivity contribution in [2.45, 2.75) is 73.6 Å². The van der Waals surface area contributed by atoms with Crippen molar-refractivity contribution in [3.63, 3.8) is 0 Å². The fraction of sp³-hybridized carbons (Fsp3) is 0.342. The van der Waals surface area contributed by atoms with Gasteiger partial charge in [-0.25, -0.2) is 16.8 Å². The fourth-order valence-corrected chi connectivity index (χ4v) is 7.20. The number of carbonyl (C=O) groups excluding carboxylic acids is 2. The molecule has 12 nitrogen and oxygen atoms in total. The van der Waals surface area contributed by atoms with E-state index in [1.54, 1.807) is 0 Å². The van der Waals surface area contributed by atoms with E-state index in [1.165, 1.54) is 0 Å². The number of fused-ring (bicyclic) bond motifs is 2. The zero-order valence-corrected chi connectivity index (χ0v) is 34.7. The van der Waals surface area contributed by atoms with E-state index in [9.17, 15) is 79.1 Å². The summed E-state index contributed by atoms with van der Waals surface area (Å²) in [5.41, 5.74) is -2.28. The maximum atomic E-state index is 13.0. The first-order valence-corrected chi connectivity index (χ1v) is 21.7. The number of halogens is 12. The monoisotopic (exact) mass is 964 g/mol. The molecule has 0 radical (unpaired) electrons. The average Bonchev–Trinajstić information content (AvgIpc) is 3.80. The average molecular weight is 965 g/mol. The normalized spacial score (nSPS) is 16.5. The van der Waals surface area contributed by atoms with Gasteiger partial charge in [0.1, 0.15) is 17.2 Å². The lowest BCUT2D eigenvalue weighted by Crippen LogP contribution is -2.32. The summed E-state index contributed by atoms with van der Waals surface area (Å²) in [4.78, 5) is 31.1. The van der Waals surface area contributed by atoms with E-state index < -0.39 is 102 Å². The molecule has 3 aromatic rings. The molecule has 2 amide bonds. The Hall–Kier alpha value is -5.79. The van der Waals surface area contributed by atoms with Gasteiger partial charge < -0.3 is 24.6 Å². The number of hydrogen-bond donors (Lipinski definition) is 1. The standard InChI is InChI=1S/2C19H16F6N2O4S/c1-10(18(20,21)22)31-15-4-3-13(32(2,29)30)6-14(15)17(28)27-8-11-5-16(19(23,24)25)26-7-12(11)9-27;1-10(18(20,21)22)31-16-4-3-13(32(2,29)30)6-14(16)17(28)27-8-11-5-12(19(23,24)25)7-26-15(11)9-27/h3-8,10,26H,9H2,1-2H3;3-7,10H,8-9H2,1-2H3/t2*10-/m00/s1. The van der Waals surface area contributed by atoms with Gasteiger partial charge >= 0.3 is 24.7 Å². The second kappa shape index (κ2) is 17.3. The molecule has 1 aromatic heterocycles. The number of aromatic nitrogens is 1. The molecule has 1 N–H and O–H groups in total. The van der Waals surface area contributed by atoms with Crippen molar-refractivity contribution in [1.82, 2.24) is 20.1 Å². The van der Waals surface area contributed by atoms with E-state index in [-0.39, 0.29) is 46.3 Å². The van der Waals surface area contributed by atoms with Crippen LogP contribution in [0, 0.1) is 0 Å². The van der Waals surface area contributed by atoms with E-state index in [0.717, 1.165) is 83.3 Å². The smallest absolute Gasteiger partial charge is 0.431 e. The van der Waals surface area contributed by atoms with Crippen molar-refractivity contribution in [1.29, 1.82) is 0 Å². The van der Waals surface area contributed by atoms with Crippen LogP contribution in [0.15, 0.2) is 93.8 Å². The predicted octanol–water partition coefficient (Wildman–Crippen LogP) is 7.68. The van der Waals surface area contributed by atoms with E-state index >= 15 is 0 Å². The third kappa shape index (κ3) is 11.5. The van der Waals surface area contributed by atoms with Gasteiger partial charge in [-0.05, 0) is 79.1 Å². The van der Waals surface area contributed by atoms with Crippen LogP contribution in [-0.4, -0.2) is 93.2 Å². The molecule has 0 saturated heterocycles. The van der Waals surface area contributed by atoms with Crippen LogP contribution in [0.4, 0.5) is 52.7 Å². The van der Waals surface area contributed by atoms with Crippen molar-refractivity contribution in [2.24, 2.45) is 0 Å². The Balaban J connectivity index is 0.000000241. The number of hydrogen-bond acceptors (Lipinski definition) is 10. The summed E-state index contributed by atoms with van der Waals surface area (Å²) >= 11 is 0. The van der Waals surface area contributed by atoms with Gasteiger partial charge in [0, 0.05) is 37.7 Å². The molecule has 0 bridgehead atoms. The van der Waals surface area contributed by atoms with E-state index in [1.807, 2.05) is 0 Å². The SMILES string of the molecule is C[C@H](Oc1ccc(S(C)(=O)=O)cc1C(=O)N1C=C2C=C(C(F)(F)F)NC=C2C1)C(F)(F)F.C[C@H](Oc1ccc(S(C)(=O)=O)cc1C(=O)N1Cc2cc(C(F)(F)F)cnc2C1)C(F)(F)F. The van der Waals surface area contributed by atoms with Crippen molar-refractivity contribution in [3.05, 3.63) is 112 Å². The fourth-order valence-electron chi connectivity index (χ4n) is 5.90. The Morgan fingerprint density at radius 1 is 0.703 bits per heavy atom. The molecule has 0 unspecified atom stereocenters. The highest BCUT2D eigenvalue weighted by atomic mass is 32.2. The number of nitrogens with one attached hydrogen (secondary N) is 1. The summed E-state index contributed by atoms with van der Waals surface area (Å²) < 4.78 is 212. The summed E-state index contributed by atoms with van der Waals surface area (Å²) in [6.07, 6.45) is -18.1. The van der Waals surface area contributed by atoms with Gasteiger partial charge in [-0.15, -0.1) is 0 Å². The van der Waals surface area contributed by atoms with Gasteiger partial charge in [-0.2, -0.15) is 52.7 Å². The molecule has 0 fully saturated rings. The van der Waals surface area contributed by atoms with Crippen LogP contribution in [0.1, 0.15) is 51.4 Å². The zero-order valence-electron chi connectivity index (χ0n) is 33.1. The Kier molecular flexibility index (Phi) is 13.3. The first-order chi connectivity index (χ1) is 29.1. The van der Waals surface area contributed by atoms with Crippen LogP contribution in [-0.2, 0) is 38.9 Å². The lowest BCUT2D eigenvalue weighted by Gasteiger charge is -2.22. The number of alkyl halides is 12. The Morgan fingerprint density at radius 3 is 1.66 bits per heavy atom. The van der Waals surface area contributed by atoms with Gasteiger partial charge in [0.15, 0.2) is 31.9 Å². The third-order valence-electron chi connectivity index (χ3n) is 9.40. The molecular weight excluding hydrogens is 933 g/mol. The number of benzene rings is 2. The van der Waals surface area contributed by atoms with Crippen molar-refractivity contribution in [2.75, 3.05) is 19.1 Å². The molecule has 0 saturated carbocycles. The largest absolute Gasteiger partial charge is 0.480 e. The Labute approximate surface area is 355 Å². The van der Waals surface area contributed by atoms with E-state index in [0.29, 0.717) is 25.6 Å². The first kappa shape index (κ1) is 49.2. The van der Waals surface area contributed by atoms with Gasteiger partial charge in [-0.1, -0.05) is 0 Å². The molecule has 2 atom stereocenters. The highest BCUT2D eigenvalue weighted by molar-refractivity contribution is 7.91. The lowest BCUT2D eigenvalue weighted by atomic mass is 10.1. The summed E-state index contributed by atoms with van der Waals surface area (Å²) in [7, 11) is -7.64. The van der Waals surface area contributed by atoms with Crippen LogP contribution in [0.5, 0.6) is 11.5 Å². The highest BCUT2D eigenvalue weighted by Gasteiger charge is 2.42. The summed E-state index contributed by atoms with van der Waals surface area (Å²) in [6, 6.07) is 6.47. The van der Waals surface area contributed by atoms with E-state index in [2.05, 4.69) is 10.3 Å². The number of sulfone groups is 2. The number of rotatable bonds is 8.